The van der Waals surface area contributed by atoms with Crippen LogP contribution < -0.4 is 5.32 Å². The van der Waals surface area contributed by atoms with Gasteiger partial charge >= 0.3 is 0 Å². The molecule has 21 heavy (non-hydrogen) atoms. The fraction of sp³-hybridized carbons (Fsp3) is 0.438. The average Bonchev–Trinajstić information content (AvgIpc) is 2.94. The highest BCUT2D eigenvalue weighted by molar-refractivity contribution is 7.09. The van der Waals surface area contributed by atoms with E-state index in [1.54, 1.807) is 17.6 Å². The van der Waals surface area contributed by atoms with E-state index in [0.29, 0.717) is 19.6 Å². The van der Waals surface area contributed by atoms with Crippen LogP contribution in [0, 0.1) is 5.92 Å². The molecule has 3 rings (SSSR count). The van der Waals surface area contributed by atoms with Gasteiger partial charge < -0.3 is 14.6 Å². The Labute approximate surface area is 128 Å². The third kappa shape index (κ3) is 4.44. The first-order valence-electron chi connectivity index (χ1n) is 7.34. The van der Waals surface area contributed by atoms with Crippen LogP contribution in [-0.2, 0) is 17.9 Å². The number of carbonyl (C=O) groups excluding carboxylic acids is 1. The molecule has 4 nitrogen and oxygen atoms in total. The molecule has 0 radical (unpaired) electrons. The zero-order valence-corrected chi connectivity index (χ0v) is 12.8. The molecule has 112 valence electrons. The third-order valence-electron chi connectivity index (χ3n) is 3.61. The van der Waals surface area contributed by atoms with Crippen molar-refractivity contribution >= 4 is 17.2 Å². The first-order valence-corrected chi connectivity index (χ1v) is 8.22. The quantitative estimate of drug-likeness (QED) is 0.815. The lowest BCUT2D eigenvalue weighted by Gasteiger charge is -2.21. The molecular weight excluding hydrogens is 284 g/mol. The number of furan rings is 1. The SMILES string of the molecule is O=C(CNCC1CC1)N(Cc1ccco1)Cc1cccs1. The second kappa shape index (κ2) is 6.91. The van der Waals surface area contributed by atoms with Crippen LogP contribution in [0.3, 0.4) is 0 Å². The van der Waals surface area contributed by atoms with Crippen molar-refractivity contribution in [2.75, 3.05) is 13.1 Å². The highest BCUT2D eigenvalue weighted by Gasteiger charge is 2.22. The molecule has 1 aliphatic carbocycles. The molecule has 5 heteroatoms. The lowest BCUT2D eigenvalue weighted by atomic mass is 10.3. The van der Waals surface area contributed by atoms with Crippen molar-refractivity contribution in [3.8, 4) is 0 Å². The Morgan fingerprint density at radius 3 is 2.90 bits per heavy atom. The molecule has 2 heterocycles. The van der Waals surface area contributed by atoms with Gasteiger partial charge in [0.25, 0.3) is 0 Å². The predicted octanol–water partition coefficient (Wildman–Crippen LogP) is 2.87. The first kappa shape index (κ1) is 14.4. The molecule has 2 aromatic rings. The predicted molar refractivity (Wildman–Crippen MR) is 82.9 cm³/mol. The molecule has 1 saturated carbocycles. The Balaban J connectivity index is 1.57. The zero-order chi connectivity index (χ0) is 14.5. The fourth-order valence-corrected chi connectivity index (χ4v) is 2.95. The van der Waals surface area contributed by atoms with E-state index in [1.165, 1.54) is 17.7 Å². The van der Waals surface area contributed by atoms with Gasteiger partial charge in [0.1, 0.15) is 5.76 Å². The average molecular weight is 304 g/mol. The number of hydrogen-bond acceptors (Lipinski definition) is 4. The van der Waals surface area contributed by atoms with Gasteiger partial charge in [0.05, 0.1) is 25.9 Å². The molecule has 0 saturated heterocycles. The molecule has 1 amide bonds. The molecule has 0 bridgehead atoms. The Morgan fingerprint density at radius 2 is 2.24 bits per heavy atom. The minimum absolute atomic E-state index is 0.125. The van der Waals surface area contributed by atoms with Gasteiger partial charge in [0, 0.05) is 4.88 Å². The molecule has 1 aliphatic rings. The van der Waals surface area contributed by atoms with Crippen molar-refractivity contribution in [3.63, 3.8) is 0 Å². The van der Waals surface area contributed by atoms with E-state index in [9.17, 15) is 4.79 Å². The van der Waals surface area contributed by atoms with Crippen LogP contribution in [0.25, 0.3) is 0 Å². The van der Waals surface area contributed by atoms with Gasteiger partial charge in [-0.05, 0) is 48.9 Å². The second-order valence-corrected chi connectivity index (χ2v) is 6.52. The molecule has 2 aromatic heterocycles. The zero-order valence-electron chi connectivity index (χ0n) is 12.0. The summed E-state index contributed by atoms with van der Waals surface area (Å²) >= 11 is 1.68. The van der Waals surface area contributed by atoms with Crippen molar-refractivity contribution in [2.45, 2.75) is 25.9 Å². The van der Waals surface area contributed by atoms with Crippen LogP contribution in [0.5, 0.6) is 0 Å². The van der Waals surface area contributed by atoms with E-state index in [-0.39, 0.29) is 5.91 Å². The monoisotopic (exact) mass is 304 g/mol. The lowest BCUT2D eigenvalue weighted by molar-refractivity contribution is -0.131. The summed E-state index contributed by atoms with van der Waals surface area (Å²) in [6.07, 6.45) is 4.24. The van der Waals surface area contributed by atoms with E-state index in [2.05, 4.69) is 11.4 Å². The summed E-state index contributed by atoms with van der Waals surface area (Å²) < 4.78 is 5.38. The summed E-state index contributed by atoms with van der Waals surface area (Å²) in [5, 5.41) is 5.31. The Hall–Kier alpha value is -1.59. The summed E-state index contributed by atoms with van der Waals surface area (Å²) in [6, 6.07) is 7.84. The first-order chi connectivity index (χ1) is 10.3. The highest BCUT2D eigenvalue weighted by Crippen LogP contribution is 2.27. The maximum Gasteiger partial charge on any atom is 0.237 e. The van der Waals surface area contributed by atoms with Gasteiger partial charge in [-0.15, -0.1) is 11.3 Å². The largest absolute Gasteiger partial charge is 0.467 e. The van der Waals surface area contributed by atoms with Gasteiger partial charge in [-0.2, -0.15) is 0 Å². The highest BCUT2D eigenvalue weighted by atomic mass is 32.1. The van der Waals surface area contributed by atoms with Crippen LogP contribution in [0.2, 0.25) is 0 Å². The Kier molecular flexibility index (Phi) is 4.72. The van der Waals surface area contributed by atoms with E-state index in [1.807, 2.05) is 28.5 Å². The van der Waals surface area contributed by atoms with E-state index in [4.69, 9.17) is 4.42 Å². The van der Waals surface area contributed by atoms with E-state index in [0.717, 1.165) is 18.2 Å². The molecule has 1 fully saturated rings. The number of nitrogens with zero attached hydrogens (tertiary/aromatic N) is 1. The van der Waals surface area contributed by atoms with Gasteiger partial charge in [-0.1, -0.05) is 6.07 Å². The fourth-order valence-electron chi connectivity index (χ4n) is 2.23. The smallest absolute Gasteiger partial charge is 0.237 e. The molecule has 0 aliphatic heterocycles. The normalized spacial score (nSPS) is 14.3. The summed E-state index contributed by atoms with van der Waals surface area (Å²) in [4.78, 5) is 15.5. The van der Waals surface area contributed by atoms with Crippen molar-refractivity contribution < 1.29 is 9.21 Å². The summed E-state index contributed by atoms with van der Waals surface area (Å²) in [5.74, 6) is 1.73. The van der Waals surface area contributed by atoms with Crippen LogP contribution in [0.4, 0.5) is 0 Å². The number of rotatable bonds is 8. The van der Waals surface area contributed by atoms with Crippen LogP contribution in [-0.4, -0.2) is 23.9 Å². The van der Waals surface area contributed by atoms with Crippen molar-refractivity contribution in [1.29, 1.82) is 0 Å². The number of nitrogens with one attached hydrogen (secondary N) is 1. The standard InChI is InChI=1S/C16H20N2O2S/c19-16(10-17-9-13-5-6-13)18(11-14-3-1-7-20-14)12-15-4-2-8-21-15/h1-4,7-8,13,17H,5-6,9-12H2. The minimum Gasteiger partial charge on any atom is -0.467 e. The summed E-state index contributed by atoms with van der Waals surface area (Å²) in [7, 11) is 0. The van der Waals surface area contributed by atoms with E-state index < -0.39 is 0 Å². The number of hydrogen-bond donors (Lipinski definition) is 1. The molecule has 0 spiro atoms. The third-order valence-corrected chi connectivity index (χ3v) is 4.47. The molecule has 1 N–H and O–H groups in total. The maximum absolute atomic E-state index is 12.4. The number of amides is 1. The van der Waals surface area contributed by atoms with Crippen LogP contribution >= 0.6 is 11.3 Å². The second-order valence-electron chi connectivity index (χ2n) is 5.48. The lowest BCUT2D eigenvalue weighted by Crippen LogP contribution is -2.37. The number of thiophene rings is 1. The molecule has 0 aromatic carbocycles. The molecule has 0 atom stereocenters. The van der Waals surface area contributed by atoms with Gasteiger partial charge in [-0.3, -0.25) is 4.79 Å². The van der Waals surface area contributed by atoms with Crippen LogP contribution in [0.1, 0.15) is 23.5 Å². The van der Waals surface area contributed by atoms with Gasteiger partial charge in [-0.25, -0.2) is 0 Å². The summed E-state index contributed by atoms with van der Waals surface area (Å²) in [6.45, 7) is 2.53. The van der Waals surface area contributed by atoms with E-state index >= 15 is 0 Å². The van der Waals surface area contributed by atoms with Gasteiger partial charge in [0.2, 0.25) is 5.91 Å². The maximum atomic E-state index is 12.4. The summed E-state index contributed by atoms with van der Waals surface area (Å²) in [5.41, 5.74) is 0. The molecule has 0 unspecified atom stereocenters. The van der Waals surface area contributed by atoms with Crippen molar-refractivity contribution in [3.05, 3.63) is 46.5 Å². The Morgan fingerprint density at radius 1 is 1.33 bits per heavy atom. The van der Waals surface area contributed by atoms with Crippen molar-refractivity contribution in [1.82, 2.24) is 10.2 Å². The minimum atomic E-state index is 0.125. The Bertz CT molecular complexity index is 511. The topological polar surface area (TPSA) is 45.5 Å². The van der Waals surface area contributed by atoms with Crippen molar-refractivity contribution in [2.24, 2.45) is 5.92 Å². The van der Waals surface area contributed by atoms with Gasteiger partial charge in [0.15, 0.2) is 0 Å². The number of carbonyl (C=O) groups is 1. The van der Waals surface area contributed by atoms with Crippen LogP contribution in [0.15, 0.2) is 40.3 Å². The molecular formula is C16H20N2O2S.